The molecular weight excluding hydrogens is 620 g/mol. The Morgan fingerprint density at radius 3 is 2.53 bits per heavy atom. The predicted molar refractivity (Wildman–Crippen MR) is 188 cm³/mol. The van der Waals surface area contributed by atoms with Crippen molar-refractivity contribution in [2.45, 2.75) is 62.7 Å². The van der Waals surface area contributed by atoms with Crippen LogP contribution < -0.4 is 9.47 Å². The highest BCUT2D eigenvalue weighted by molar-refractivity contribution is 6.02. The van der Waals surface area contributed by atoms with E-state index in [4.69, 9.17) is 19.0 Å². The summed E-state index contributed by atoms with van der Waals surface area (Å²) in [5.41, 5.74) is 4.73. The van der Waals surface area contributed by atoms with Gasteiger partial charge in [-0.25, -0.2) is 4.68 Å². The van der Waals surface area contributed by atoms with E-state index in [1.807, 2.05) is 47.1 Å². The van der Waals surface area contributed by atoms with Crippen LogP contribution >= 0.6 is 0 Å². The van der Waals surface area contributed by atoms with Gasteiger partial charge in [-0.2, -0.15) is 0 Å². The molecule has 49 heavy (non-hydrogen) atoms. The molecule has 0 bridgehead atoms. The number of rotatable bonds is 17. The Kier molecular flexibility index (Phi) is 11.3. The molecular formula is C39H48N4O6. The summed E-state index contributed by atoms with van der Waals surface area (Å²) < 4.78 is 22.2. The molecule has 3 aliphatic rings. The molecule has 1 saturated carbocycles. The number of oxime groups is 1. The van der Waals surface area contributed by atoms with E-state index in [2.05, 4.69) is 40.8 Å². The van der Waals surface area contributed by atoms with Gasteiger partial charge in [0.05, 0.1) is 30.1 Å². The van der Waals surface area contributed by atoms with Crippen LogP contribution in [0.2, 0.25) is 0 Å². The summed E-state index contributed by atoms with van der Waals surface area (Å²) in [7, 11) is 1.58. The van der Waals surface area contributed by atoms with E-state index >= 15 is 0 Å². The molecule has 1 aliphatic heterocycles. The van der Waals surface area contributed by atoms with E-state index in [1.54, 1.807) is 25.5 Å². The summed E-state index contributed by atoms with van der Waals surface area (Å²) in [6, 6.07) is 15.6. The third-order valence-corrected chi connectivity index (χ3v) is 10.2. The van der Waals surface area contributed by atoms with Crippen LogP contribution in [0, 0.1) is 17.8 Å². The summed E-state index contributed by atoms with van der Waals surface area (Å²) in [6.07, 6.45) is 13.1. The summed E-state index contributed by atoms with van der Waals surface area (Å²) in [5.74, 6) is 0.260. The molecule has 0 spiro atoms. The van der Waals surface area contributed by atoms with E-state index in [1.165, 1.54) is 0 Å². The monoisotopic (exact) mass is 668 g/mol. The molecule has 10 heteroatoms. The van der Waals surface area contributed by atoms with Gasteiger partial charge in [0.1, 0.15) is 31.3 Å². The SMILES string of the molecule is C=CCOc1ccc2c(c1)C1C(CCCCO)C(CCCCO)C=C3C(=NOC)CC(n4nncc4-c4ccccc4)C(OCC=C)(O2)C31. The summed E-state index contributed by atoms with van der Waals surface area (Å²) >= 11 is 0. The number of hydrogen-bond donors (Lipinski definition) is 2. The van der Waals surface area contributed by atoms with Crippen molar-refractivity contribution in [3.63, 3.8) is 0 Å². The van der Waals surface area contributed by atoms with Crippen LogP contribution in [0.25, 0.3) is 11.3 Å². The Morgan fingerprint density at radius 1 is 1.02 bits per heavy atom. The average Bonchev–Trinajstić information content (AvgIpc) is 3.62. The second-order valence-electron chi connectivity index (χ2n) is 13.0. The zero-order chi connectivity index (χ0) is 34.2. The van der Waals surface area contributed by atoms with Crippen molar-refractivity contribution >= 4 is 5.71 Å². The molecule has 6 atom stereocenters. The number of hydrogen-bond acceptors (Lipinski definition) is 9. The standard InChI is InChI=1S/C39H48N4O6/c1-4-21-47-29-17-18-35-32(24-29)37-30(16-10-12-20-45)28(15-9-11-19-44)23-31-33(41-46-3)25-36(39(49-35,38(31)37)48-22-5-2)43-34(26-40-42-43)27-13-7-6-8-14-27/h4-8,13-14,17-18,23-24,26,28,30,36-38,44-45H,1-2,9-12,15-16,19-22,25H2,3H3. The van der Waals surface area contributed by atoms with Gasteiger partial charge in [-0.15, -0.1) is 11.7 Å². The number of unbranched alkanes of at least 4 members (excludes halogenated alkanes) is 2. The summed E-state index contributed by atoms with van der Waals surface area (Å²) in [4.78, 5) is 5.53. The first kappa shape index (κ1) is 34.6. The van der Waals surface area contributed by atoms with Gasteiger partial charge in [0.15, 0.2) is 0 Å². The number of aromatic nitrogens is 3. The maximum atomic E-state index is 9.81. The molecule has 0 amide bonds. The van der Waals surface area contributed by atoms with E-state index in [0.717, 1.165) is 78.1 Å². The van der Waals surface area contributed by atoms with E-state index in [9.17, 15) is 10.2 Å². The van der Waals surface area contributed by atoms with Crippen molar-refractivity contribution < 1.29 is 29.3 Å². The maximum Gasteiger partial charge on any atom is 0.241 e. The maximum absolute atomic E-state index is 9.81. The van der Waals surface area contributed by atoms with Crippen LogP contribution in [-0.2, 0) is 9.57 Å². The Morgan fingerprint density at radius 2 is 1.80 bits per heavy atom. The lowest BCUT2D eigenvalue weighted by molar-refractivity contribution is -0.251. The van der Waals surface area contributed by atoms with Gasteiger partial charge < -0.3 is 29.3 Å². The molecule has 0 radical (unpaired) electrons. The third kappa shape index (κ3) is 6.82. The lowest BCUT2D eigenvalue weighted by atomic mass is 9.55. The molecule has 6 rings (SSSR count). The lowest BCUT2D eigenvalue weighted by Gasteiger charge is -2.58. The highest BCUT2D eigenvalue weighted by Gasteiger charge is 2.65. The summed E-state index contributed by atoms with van der Waals surface area (Å²) in [5, 5.41) is 33.2. The van der Waals surface area contributed by atoms with Crippen LogP contribution in [0.1, 0.15) is 62.5 Å². The number of aliphatic hydroxyl groups excluding tert-OH is 2. The van der Waals surface area contributed by atoms with Crippen LogP contribution in [0.3, 0.4) is 0 Å². The van der Waals surface area contributed by atoms with E-state index < -0.39 is 11.8 Å². The zero-order valence-electron chi connectivity index (χ0n) is 28.3. The van der Waals surface area contributed by atoms with Crippen molar-refractivity contribution in [1.82, 2.24) is 15.0 Å². The minimum Gasteiger partial charge on any atom is -0.490 e. The molecule has 260 valence electrons. The van der Waals surface area contributed by atoms with Crippen molar-refractivity contribution in [3.05, 3.63) is 97.3 Å². The molecule has 2 N–H and O–H groups in total. The lowest BCUT2D eigenvalue weighted by Crippen LogP contribution is -2.63. The number of benzene rings is 2. The molecule has 0 saturated heterocycles. The number of aliphatic hydroxyl groups is 2. The topological polar surface area (TPSA) is 120 Å². The zero-order valence-corrected chi connectivity index (χ0v) is 28.3. The van der Waals surface area contributed by atoms with Gasteiger partial charge in [-0.1, -0.05) is 78.3 Å². The highest BCUT2D eigenvalue weighted by Crippen LogP contribution is 2.63. The number of nitrogens with zero attached hydrogens (tertiary/aromatic N) is 4. The third-order valence-electron chi connectivity index (χ3n) is 10.2. The second kappa shape index (κ2) is 16.0. The normalized spacial score (nSPS) is 26.2. The Hall–Kier alpha value is -4.25. The van der Waals surface area contributed by atoms with Gasteiger partial charge in [-0.3, -0.25) is 0 Å². The predicted octanol–water partition coefficient (Wildman–Crippen LogP) is 6.65. The fourth-order valence-electron chi connectivity index (χ4n) is 8.22. The molecule has 6 unspecified atom stereocenters. The Labute approximate surface area is 288 Å². The highest BCUT2D eigenvalue weighted by atomic mass is 16.7. The number of fused-ring (bicyclic) bond motifs is 2. The van der Waals surface area contributed by atoms with E-state index in [-0.39, 0.29) is 43.5 Å². The van der Waals surface area contributed by atoms with Crippen molar-refractivity contribution in [2.75, 3.05) is 33.5 Å². The fourth-order valence-corrected chi connectivity index (χ4v) is 8.22. The van der Waals surface area contributed by atoms with Crippen molar-refractivity contribution in [3.8, 4) is 22.8 Å². The van der Waals surface area contributed by atoms with Crippen LogP contribution in [0.4, 0.5) is 0 Å². The summed E-state index contributed by atoms with van der Waals surface area (Å²) in [6.45, 7) is 8.78. The molecule has 3 aromatic rings. The largest absolute Gasteiger partial charge is 0.490 e. The smallest absolute Gasteiger partial charge is 0.241 e. The molecule has 1 aromatic heterocycles. The molecule has 2 heterocycles. The van der Waals surface area contributed by atoms with Gasteiger partial charge in [0.25, 0.3) is 0 Å². The minimum atomic E-state index is -1.21. The van der Waals surface area contributed by atoms with Crippen molar-refractivity contribution in [2.24, 2.45) is 22.9 Å². The van der Waals surface area contributed by atoms with Gasteiger partial charge in [0.2, 0.25) is 5.79 Å². The van der Waals surface area contributed by atoms with Crippen LogP contribution in [0.15, 0.2) is 96.8 Å². The van der Waals surface area contributed by atoms with Crippen LogP contribution in [-0.4, -0.2) is 70.2 Å². The fraction of sp³-hybridized carbons (Fsp3) is 0.462. The molecule has 10 nitrogen and oxygen atoms in total. The molecule has 1 fully saturated rings. The van der Waals surface area contributed by atoms with Crippen molar-refractivity contribution in [1.29, 1.82) is 0 Å². The Balaban J connectivity index is 1.60. The Bertz CT molecular complexity index is 1640. The van der Waals surface area contributed by atoms with Crippen LogP contribution in [0.5, 0.6) is 11.5 Å². The minimum absolute atomic E-state index is 0.0628. The number of allylic oxidation sites excluding steroid dienone is 1. The first-order valence-corrected chi connectivity index (χ1v) is 17.4. The second-order valence-corrected chi connectivity index (χ2v) is 13.0. The molecule has 2 aliphatic carbocycles. The first-order valence-electron chi connectivity index (χ1n) is 17.4. The van der Waals surface area contributed by atoms with Gasteiger partial charge in [-0.05, 0) is 61.3 Å². The first-order chi connectivity index (χ1) is 24.1. The van der Waals surface area contributed by atoms with E-state index in [0.29, 0.717) is 13.0 Å². The average molecular weight is 669 g/mol. The molecule has 2 aromatic carbocycles. The van der Waals surface area contributed by atoms with Gasteiger partial charge in [0, 0.05) is 36.7 Å². The quantitative estimate of drug-likeness (QED) is 0.0933. The number of ether oxygens (including phenoxy) is 3. The van der Waals surface area contributed by atoms with Gasteiger partial charge >= 0.3 is 0 Å².